The fourth-order valence-electron chi connectivity index (χ4n) is 10.7. The van der Waals surface area contributed by atoms with E-state index in [-0.39, 0.29) is 0 Å². The second kappa shape index (κ2) is 16.5. The molecule has 0 aliphatic heterocycles. The Labute approximate surface area is 395 Å². The molecule has 0 unspecified atom stereocenters. The molecule has 0 bridgehead atoms. The van der Waals surface area contributed by atoms with E-state index in [0.717, 1.165) is 45.0 Å². The van der Waals surface area contributed by atoms with Crippen molar-refractivity contribution in [3.63, 3.8) is 0 Å². The third kappa shape index (κ3) is 6.65. The Bertz CT molecular complexity index is 4020. The number of nitrogens with zero attached hydrogens (tertiary/aromatic N) is 2. The maximum absolute atomic E-state index is 2.44. The van der Waals surface area contributed by atoms with E-state index in [9.17, 15) is 0 Å². The van der Waals surface area contributed by atoms with Crippen LogP contribution in [0.15, 0.2) is 267 Å². The van der Waals surface area contributed by atoms with Crippen LogP contribution >= 0.6 is 0 Å². The van der Waals surface area contributed by atoms with Gasteiger partial charge in [-0.25, -0.2) is 0 Å². The summed E-state index contributed by atoms with van der Waals surface area (Å²) in [7, 11) is 0. The lowest BCUT2D eigenvalue weighted by Gasteiger charge is -2.28. The SMILES string of the molecule is c1ccc(-c2c(-c3ccccc3)c3cc(-c4cccc(N(c5ccc6ccccc6c5)c5ccccc5-c5ccc6c(c5)c5ccccc5n6-c5ccccc5)c4)ccc3c3ccccc23)cc1. The molecule has 1 aromatic heterocycles. The second-order valence-corrected chi connectivity index (χ2v) is 17.6. The summed E-state index contributed by atoms with van der Waals surface area (Å²) >= 11 is 0. The van der Waals surface area contributed by atoms with Crippen molar-refractivity contribution in [2.75, 3.05) is 4.90 Å². The minimum absolute atomic E-state index is 1.08. The summed E-state index contributed by atoms with van der Waals surface area (Å²) in [6, 6.07) is 97.6. The van der Waals surface area contributed by atoms with Gasteiger partial charge in [0.2, 0.25) is 0 Å². The Hall–Kier alpha value is -8.98. The molecule has 0 atom stereocenters. The lowest BCUT2D eigenvalue weighted by Crippen LogP contribution is -2.11. The van der Waals surface area contributed by atoms with E-state index >= 15 is 0 Å². The second-order valence-electron chi connectivity index (χ2n) is 17.6. The predicted molar refractivity (Wildman–Crippen MR) is 290 cm³/mol. The molecule has 0 aliphatic carbocycles. The molecule has 0 amide bonds. The molecule has 13 rings (SSSR count). The first-order chi connectivity index (χ1) is 33.7. The van der Waals surface area contributed by atoms with Crippen LogP contribution in [-0.4, -0.2) is 4.57 Å². The zero-order chi connectivity index (χ0) is 45.0. The Morgan fingerprint density at radius 1 is 0.265 bits per heavy atom. The molecule has 1 heterocycles. The molecule has 0 spiro atoms. The number of anilines is 3. The van der Waals surface area contributed by atoms with E-state index in [1.54, 1.807) is 0 Å². The van der Waals surface area contributed by atoms with Gasteiger partial charge < -0.3 is 9.47 Å². The van der Waals surface area contributed by atoms with E-state index in [1.807, 2.05) is 0 Å². The first-order valence-corrected chi connectivity index (χ1v) is 23.4. The molecular formula is C66H44N2. The van der Waals surface area contributed by atoms with Crippen molar-refractivity contribution >= 4 is 71.2 Å². The molecule has 68 heavy (non-hydrogen) atoms. The zero-order valence-electron chi connectivity index (χ0n) is 37.3. The van der Waals surface area contributed by atoms with Gasteiger partial charge in [0.1, 0.15) is 0 Å². The minimum Gasteiger partial charge on any atom is -0.310 e. The van der Waals surface area contributed by atoms with Gasteiger partial charge in [0, 0.05) is 33.4 Å². The lowest BCUT2D eigenvalue weighted by atomic mass is 9.84. The number of benzene rings is 12. The van der Waals surface area contributed by atoms with Crippen LogP contribution in [0, 0.1) is 0 Å². The number of fused-ring (bicyclic) bond motifs is 7. The van der Waals surface area contributed by atoms with E-state index in [2.05, 4.69) is 276 Å². The number of hydrogen-bond acceptors (Lipinski definition) is 1. The Morgan fingerprint density at radius 3 is 1.60 bits per heavy atom. The average Bonchev–Trinajstić information content (AvgIpc) is 3.75. The van der Waals surface area contributed by atoms with Crippen molar-refractivity contribution in [2.24, 2.45) is 0 Å². The van der Waals surface area contributed by atoms with E-state index in [4.69, 9.17) is 0 Å². The first kappa shape index (κ1) is 39.4. The summed E-state index contributed by atoms with van der Waals surface area (Å²) in [6.07, 6.45) is 0. The summed E-state index contributed by atoms with van der Waals surface area (Å²) in [5.41, 5.74) is 16.4. The number of rotatable bonds is 8. The molecule has 318 valence electrons. The van der Waals surface area contributed by atoms with E-state index < -0.39 is 0 Å². The zero-order valence-corrected chi connectivity index (χ0v) is 37.3. The molecular weight excluding hydrogens is 821 g/mol. The Balaban J connectivity index is 1.01. The molecule has 0 saturated heterocycles. The van der Waals surface area contributed by atoms with Crippen molar-refractivity contribution in [1.82, 2.24) is 4.57 Å². The first-order valence-electron chi connectivity index (χ1n) is 23.4. The Morgan fingerprint density at radius 2 is 0.809 bits per heavy atom. The van der Waals surface area contributed by atoms with E-state index in [1.165, 1.54) is 76.4 Å². The molecule has 12 aromatic carbocycles. The van der Waals surface area contributed by atoms with Gasteiger partial charge >= 0.3 is 0 Å². The van der Waals surface area contributed by atoms with Gasteiger partial charge in [-0.15, -0.1) is 0 Å². The van der Waals surface area contributed by atoms with Crippen molar-refractivity contribution in [1.29, 1.82) is 0 Å². The quantitative estimate of drug-likeness (QED) is 0.138. The molecule has 0 radical (unpaired) electrons. The summed E-state index contributed by atoms with van der Waals surface area (Å²) in [5.74, 6) is 0. The van der Waals surface area contributed by atoms with Crippen LogP contribution in [0.4, 0.5) is 17.1 Å². The van der Waals surface area contributed by atoms with Gasteiger partial charge in [-0.2, -0.15) is 0 Å². The monoisotopic (exact) mass is 864 g/mol. The molecule has 0 saturated carbocycles. The van der Waals surface area contributed by atoms with Crippen molar-refractivity contribution in [2.45, 2.75) is 0 Å². The van der Waals surface area contributed by atoms with Crippen LogP contribution in [-0.2, 0) is 0 Å². The summed E-state index contributed by atoms with van der Waals surface area (Å²) < 4.78 is 2.38. The van der Waals surface area contributed by atoms with Crippen molar-refractivity contribution < 1.29 is 0 Å². The maximum Gasteiger partial charge on any atom is 0.0541 e. The van der Waals surface area contributed by atoms with Crippen LogP contribution in [0.1, 0.15) is 0 Å². The average molecular weight is 865 g/mol. The fourth-order valence-corrected chi connectivity index (χ4v) is 10.7. The predicted octanol–water partition coefficient (Wildman–Crippen LogP) is 18.4. The smallest absolute Gasteiger partial charge is 0.0541 e. The summed E-state index contributed by atoms with van der Waals surface area (Å²) in [6.45, 7) is 0. The highest BCUT2D eigenvalue weighted by Crippen LogP contribution is 2.47. The fraction of sp³-hybridized carbons (Fsp3) is 0. The van der Waals surface area contributed by atoms with Gasteiger partial charge in [-0.3, -0.25) is 0 Å². The topological polar surface area (TPSA) is 8.17 Å². The number of aromatic nitrogens is 1. The largest absolute Gasteiger partial charge is 0.310 e. The standard InChI is InChI=1S/C66H44N2/c1-4-20-46(21-5-1)65-59-32-13-12-30-56(59)57-39-36-50(43-61(57)66(65)47-22-6-2-7-23-47)49-25-18-28-53(42-49)67(54-38-35-45-19-10-11-24-48(45)41-54)62-33-16-14-29-55(62)51-37-40-64-60(44-51)58-31-15-17-34-63(58)68(64)52-26-8-3-9-27-52/h1-44H. The third-order valence-electron chi connectivity index (χ3n) is 13.7. The normalized spacial score (nSPS) is 11.5. The Kier molecular flexibility index (Phi) is 9.54. The van der Waals surface area contributed by atoms with Crippen molar-refractivity contribution in [3.05, 3.63) is 267 Å². The highest BCUT2D eigenvalue weighted by Gasteiger charge is 2.22. The van der Waals surface area contributed by atoms with Crippen molar-refractivity contribution in [3.8, 4) is 50.2 Å². The third-order valence-corrected chi connectivity index (χ3v) is 13.7. The molecule has 2 heteroatoms. The lowest BCUT2D eigenvalue weighted by molar-refractivity contribution is 1.18. The van der Waals surface area contributed by atoms with Crippen LogP contribution in [0.25, 0.3) is 104 Å². The van der Waals surface area contributed by atoms with Crippen LogP contribution in [0.2, 0.25) is 0 Å². The number of para-hydroxylation sites is 3. The van der Waals surface area contributed by atoms with Gasteiger partial charge in [0.05, 0.1) is 16.7 Å². The van der Waals surface area contributed by atoms with Crippen LogP contribution < -0.4 is 4.90 Å². The highest BCUT2D eigenvalue weighted by atomic mass is 15.1. The van der Waals surface area contributed by atoms with Gasteiger partial charge in [0.15, 0.2) is 0 Å². The summed E-state index contributed by atoms with van der Waals surface area (Å²) in [4.78, 5) is 2.44. The van der Waals surface area contributed by atoms with Gasteiger partial charge in [-0.1, -0.05) is 200 Å². The van der Waals surface area contributed by atoms with Gasteiger partial charge in [-0.05, 0) is 138 Å². The summed E-state index contributed by atoms with van der Waals surface area (Å²) in [5, 5.41) is 9.86. The maximum atomic E-state index is 2.44. The molecule has 0 N–H and O–H groups in total. The molecule has 0 fully saturated rings. The molecule has 0 aliphatic rings. The van der Waals surface area contributed by atoms with Gasteiger partial charge in [0.25, 0.3) is 0 Å². The van der Waals surface area contributed by atoms with Crippen LogP contribution in [0.5, 0.6) is 0 Å². The van der Waals surface area contributed by atoms with Crippen LogP contribution in [0.3, 0.4) is 0 Å². The van der Waals surface area contributed by atoms with E-state index in [0.29, 0.717) is 0 Å². The molecule has 13 aromatic rings. The number of hydrogen-bond donors (Lipinski definition) is 0. The molecule has 2 nitrogen and oxygen atoms in total. The highest BCUT2D eigenvalue weighted by molar-refractivity contribution is 6.22. The minimum atomic E-state index is 1.08.